The van der Waals surface area contributed by atoms with Crippen LogP contribution in [0.2, 0.25) is 0 Å². The molecule has 3 heterocycles. The van der Waals surface area contributed by atoms with Crippen LogP contribution in [0.15, 0.2) is 60.2 Å². The van der Waals surface area contributed by atoms with Gasteiger partial charge in [-0.05, 0) is 17.7 Å². The molecule has 4 rings (SSSR count). The molecule has 166 valence electrons. The van der Waals surface area contributed by atoms with Crippen molar-refractivity contribution in [1.29, 1.82) is 0 Å². The van der Waals surface area contributed by atoms with Gasteiger partial charge in [0.1, 0.15) is 11.7 Å². The van der Waals surface area contributed by atoms with E-state index in [-0.39, 0.29) is 13.2 Å². The first-order valence-corrected chi connectivity index (χ1v) is 12.4. The van der Waals surface area contributed by atoms with Crippen LogP contribution in [0.4, 0.5) is 5.13 Å². The maximum atomic E-state index is 12.8. The minimum atomic E-state index is -3.63. The van der Waals surface area contributed by atoms with Gasteiger partial charge in [0.25, 0.3) is 0 Å². The summed E-state index contributed by atoms with van der Waals surface area (Å²) in [6.07, 6.45) is 4.50. The Hall–Kier alpha value is -3.12. The van der Waals surface area contributed by atoms with Crippen molar-refractivity contribution in [2.45, 2.75) is 12.6 Å². The highest BCUT2D eigenvalue weighted by atomic mass is 32.2. The molecule has 0 aliphatic carbocycles. The molecule has 1 amide bonds. The van der Waals surface area contributed by atoms with Crippen LogP contribution in [0.1, 0.15) is 5.56 Å². The number of hydrogen-bond donors (Lipinski definition) is 3. The van der Waals surface area contributed by atoms with E-state index in [0.717, 1.165) is 28.4 Å². The molecule has 32 heavy (non-hydrogen) atoms. The highest BCUT2D eigenvalue weighted by molar-refractivity contribution is 7.88. The normalized spacial score (nSPS) is 12.7. The Balaban J connectivity index is 1.44. The second-order valence-corrected chi connectivity index (χ2v) is 9.71. The zero-order valence-corrected chi connectivity index (χ0v) is 18.7. The number of H-pyrrole nitrogens is 1. The number of ether oxygens (including phenoxy) is 1. The summed E-state index contributed by atoms with van der Waals surface area (Å²) in [5, 5.41) is 5.77. The molecule has 3 aromatic heterocycles. The quantitative estimate of drug-likeness (QED) is 0.345. The molecule has 0 aliphatic heterocycles. The summed E-state index contributed by atoms with van der Waals surface area (Å²) in [4.78, 5) is 24.6. The van der Waals surface area contributed by atoms with E-state index in [2.05, 4.69) is 25.0 Å². The largest absolute Gasteiger partial charge is 0.375 e. The predicted octanol–water partition coefficient (Wildman–Crippen LogP) is 2.76. The van der Waals surface area contributed by atoms with E-state index in [1.54, 1.807) is 6.20 Å². The van der Waals surface area contributed by atoms with Gasteiger partial charge in [0.2, 0.25) is 15.9 Å². The van der Waals surface area contributed by atoms with Crippen LogP contribution in [0.5, 0.6) is 0 Å². The van der Waals surface area contributed by atoms with E-state index in [0.29, 0.717) is 10.8 Å². The van der Waals surface area contributed by atoms with Gasteiger partial charge in [-0.25, -0.2) is 23.1 Å². The van der Waals surface area contributed by atoms with Gasteiger partial charge in [0, 0.05) is 28.7 Å². The highest BCUT2D eigenvalue weighted by Gasteiger charge is 2.24. The fourth-order valence-corrected chi connectivity index (χ4v) is 4.51. The van der Waals surface area contributed by atoms with E-state index in [4.69, 9.17) is 4.74 Å². The third kappa shape index (κ3) is 5.56. The number of anilines is 1. The fourth-order valence-electron chi connectivity index (χ4n) is 3.11. The number of fused-ring (bicyclic) bond motifs is 1. The maximum absolute atomic E-state index is 12.8. The third-order valence-corrected chi connectivity index (χ3v) is 6.00. The van der Waals surface area contributed by atoms with Crippen LogP contribution >= 0.6 is 11.3 Å². The molecule has 1 aromatic carbocycles. The average molecular weight is 472 g/mol. The van der Waals surface area contributed by atoms with Crippen LogP contribution in [0.3, 0.4) is 0 Å². The average Bonchev–Trinajstić information content (AvgIpc) is 3.39. The van der Waals surface area contributed by atoms with E-state index >= 15 is 0 Å². The number of hydrogen-bond acceptors (Lipinski definition) is 7. The maximum Gasteiger partial charge on any atom is 0.246 e. The molecule has 0 bridgehead atoms. The molecule has 0 aliphatic rings. The number of pyridine rings is 1. The topological polar surface area (TPSA) is 126 Å². The van der Waals surface area contributed by atoms with Crippen molar-refractivity contribution in [2.75, 3.05) is 18.2 Å². The summed E-state index contributed by atoms with van der Waals surface area (Å²) in [5.41, 5.74) is 3.21. The lowest BCUT2D eigenvalue weighted by Crippen LogP contribution is -2.46. The Bertz CT molecular complexity index is 1320. The van der Waals surface area contributed by atoms with Gasteiger partial charge in [-0.15, -0.1) is 11.3 Å². The van der Waals surface area contributed by atoms with Gasteiger partial charge in [-0.2, -0.15) is 0 Å². The lowest BCUT2D eigenvalue weighted by atomic mass is 10.2. The number of amides is 1. The minimum Gasteiger partial charge on any atom is -0.375 e. The number of sulfonamides is 1. The monoisotopic (exact) mass is 471 g/mol. The molecule has 0 fully saturated rings. The molecule has 11 heteroatoms. The number of carbonyl (C=O) groups excluding carboxylic acids is 1. The van der Waals surface area contributed by atoms with Gasteiger partial charge in [-0.3, -0.25) is 4.79 Å². The Labute approximate surface area is 188 Å². The van der Waals surface area contributed by atoms with Crippen LogP contribution in [-0.4, -0.2) is 48.2 Å². The van der Waals surface area contributed by atoms with Crippen LogP contribution in [-0.2, 0) is 26.2 Å². The second kappa shape index (κ2) is 9.57. The summed E-state index contributed by atoms with van der Waals surface area (Å²) in [6, 6.07) is 12.1. The Morgan fingerprint density at radius 3 is 2.81 bits per heavy atom. The lowest BCUT2D eigenvalue weighted by molar-refractivity contribution is -0.119. The molecule has 4 aromatic rings. The van der Waals surface area contributed by atoms with E-state index in [9.17, 15) is 13.2 Å². The zero-order chi connectivity index (χ0) is 22.6. The standard InChI is InChI=1S/C21H21N5O4S2/c1-32(28,29)26-17(12-30-11-14-6-3-2-4-7-14)20(27)25-21-24-18(13-31-21)16-10-23-19-15(16)8-5-9-22-19/h2-10,13,17,26H,11-12H2,1H3,(H,22,23)(H,24,25,27)/t17-/m1/s1. The van der Waals surface area contributed by atoms with Crippen molar-refractivity contribution in [3.05, 3.63) is 65.8 Å². The number of benzene rings is 1. The van der Waals surface area contributed by atoms with E-state index in [1.165, 1.54) is 11.3 Å². The molecule has 0 saturated heterocycles. The number of nitrogens with zero attached hydrogens (tertiary/aromatic N) is 2. The lowest BCUT2D eigenvalue weighted by Gasteiger charge is -2.16. The number of nitrogens with one attached hydrogen (secondary N) is 3. The van der Waals surface area contributed by atoms with Gasteiger partial charge >= 0.3 is 0 Å². The molecule has 0 radical (unpaired) electrons. The molecule has 9 nitrogen and oxygen atoms in total. The van der Waals surface area contributed by atoms with Gasteiger partial charge < -0.3 is 15.0 Å². The number of thiazole rings is 1. The number of carbonyl (C=O) groups is 1. The molecular formula is C21H21N5O4S2. The minimum absolute atomic E-state index is 0.125. The molecule has 3 N–H and O–H groups in total. The molecule has 0 spiro atoms. The van der Waals surface area contributed by atoms with Crippen LogP contribution < -0.4 is 10.0 Å². The van der Waals surface area contributed by atoms with Crippen molar-refractivity contribution in [3.8, 4) is 11.3 Å². The SMILES string of the molecule is CS(=O)(=O)N[C@H](COCc1ccccc1)C(=O)Nc1nc(-c2c[nH]c3ncccc23)cs1. The summed E-state index contributed by atoms with van der Waals surface area (Å²) in [6.45, 7) is 0.131. The number of aromatic nitrogens is 3. The van der Waals surface area contributed by atoms with Crippen LogP contribution in [0, 0.1) is 0 Å². The predicted molar refractivity (Wildman–Crippen MR) is 124 cm³/mol. The van der Waals surface area contributed by atoms with Crippen molar-refractivity contribution < 1.29 is 17.9 Å². The summed E-state index contributed by atoms with van der Waals surface area (Å²) in [5.74, 6) is -0.551. The molecule has 0 saturated carbocycles. The number of rotatable bonds is 9. The molecular weight excluding hydrogens is 450 g/mol. The second-order valence-electron chi connectivity index (χ2n) is 7.07. The van der Waals surface area contributed by atoms with Crippen molar-refractivity contribution in [1.82, 2.24) is 19.7 Å². The van der Waals surface area contributed by atoms with E-state index in [1.807, 2.05) is 54.0 Å². The van der Waals surface area contributed by atoms with Crippen molar-refractivity contribution in [3.63, 3.8) is 0 Å². The van der Waals surface area contributed by atoms with Crippen molar-refractivity contribution in [2.24, 2.45) is 0 Å². The Morgan fingerprint density at radius 1 is 1.22 bits per heavy atom. The zero-order valence-electron chi connectivity index (χ0n) is 17.1. The summed E-state index contributed by atoms with van der Waals surface area (Å²) >= 11 is 1.25. The van der Waals surface area contributed by atoms with Gasteiger partial charge in [0.05, 0.1) is 25.2 Å². The molecule has 0 unspecified atom stereocenters. The smallest absolute Gasteiger partial charge is 0.246 e. The first kappa shape index (κ1) is 22.1. The third-order valence-electron chi connectivity index (χ3n) is 4.53. The summed E-state index contributed by atoms with van der Waals surface area (Å²) < 4.78 is 31.4. The fraction of sp³-hybridized carbons (Fsp3) is 0.190. The van der Waals surface area contributed by atoms with E-state index < -0.39 is 22.0 Å². The summed E-state index contributed by atoms with van der Waals surface area (Å²) in [7, 11) is -3.63. The first-order chi connectivity index (χ1) is 15.4. The number of aromatic amines is 1. The molecule has 1 atom stereocenters. The Kier molecular flexibility index (Phi) is 6.61. The van der Waals surface area contributed by atoms with Crippen molar-refractivity contribution >= 4 is 43.4 Å². The van der Waals surface area contributed by atoms with Gasteiger partial charge in [-0.1, -0.05) is 30.3 Å². The van der Waals surface area contributed by atoms with Gasteiger partial charge in [0.15, 0.2) is 5.13 Å². The first-order valence-electron chi connectivity index (χ1n) is 9.67. The Morgan fingerprint density at radius 2 is 2.03 bits per heavy atom. The highest BCUT2D eigenvalue weighted by Crippen LogP contribution is 2.30. The van der Waals surface area contributed by atoms with Crippen LogP contribution in [0.25, 0.3) is 22.3 Å².